The van der Waals surface area contributed by atoms with Crippen LogP contribution in [0.2, 0.25) is 0 Å². The summed E-state index contributed by atoms with van der Waals surface area (Å²) < 4.78 is 28.6. The second-order valence-electron chi connectivity index (χ2n) is 11.3. The molecule has 1 aliphatic carbocycles. The van der Waals surface area contributed by atoms with Crippen LogP contribution in [0.5, 0.6) is 0 Å². The van der Waals surface area contributed by atoms with E-state index in [1.165, 1.54) is 23.3 Å². The molecule has 44 heavy (non-hydrogen) atoms. The largest absolute Gasteiger partial charge is 0.465 e. The van der Waals surface area contributed by atoms with Crippen LogP contribution in [0, 0.1) is 12.8 Å². The van der Waals surface area contributed by atoms with Gasteiger partial charge in [0.05, 0.1) is 21.0 Å². The fourth-order valence-corrected chi connectivity index (χ4v) is 7.75. The van der Waals surface area contributed by atoms with E-state index in [2.05, 4.69) is 20.0 Å². The molecule has 1 aromatic carbocycles. The molecule has 0 radical (unpaired) electrons. The molecule has 1 atom stereocenters. The zero-order valence-corrected chi connectivity index (χ0v) is 26.2. The molecule has 6 rings (SSSR count). The minimum Gasteiger partial charge on any atom is -0.465 e. The number of anilines is 3. The molecule has 2 fully saturated rings. The van der Waals surface area contributed by atoms with Gasteiger partial charge in [-0.05, 0) is 81.5 Å². The first-order chi connectivity index (χ1) is 21.0. The normalized spacial score (nSPS) is 17.9. The number of sulfonamides is 1. The van der Waals surface area contributed by atoms with Gasteiger partial charge in [-0.25, -0.2) is 27.9 Å². The molecule has 0 bridgehead atoms. The molecular weight excluding hydrogens is 606 g/mol. The number of hydrogen-bond acceptors (Lipinski definition) is 9. The Morgan fingerprint density at radius 1 is 1.14 bits per heavy atom. The summed E-state index contributed by atoms with van der Waals surface area (Å²) in [7, 11) is -2.60. The van der Waals surface area contributed by atoms with Gasteiger partial charge in [-0.15, -0.1) is 0 Å². The van der Waals surface area contributed by atoms with Crippen LogP contribution in [0.3, 0.4) is 0 Å². The molecule has 0 unspecified atom stereocenters. The number of carboxylic acid groups (broad SMARTS) is 1. The van der Waals surface area contributed by atoms with E-state index in [1.54, 1.807) is 29.2 Å². The minimum atomic E-state index is -3.93. The first-order valence-corrected chi connectivity index (χ1v) is 16.7. The van der Waals surface area contributed by atoms with Crippen LogP contribution in [0.25, 0.3) is 10.4 Å². The highest BCUT2D eigenvalue weighted by Crippen LogP contribution is 2.42. The maximum absolute atomic E-state index is 13.5. The van der Waals surface area contributed by atoms with Crippen molar-refractivity contribution in [3.05, 3.63) is 47.2 Å². The number of aryl methyl sites for hydroxylation is 1. The van der Waals surface area contributed by atoms with Gasteiger partial charge in [-0.2, -0.15) is 0 Å². The SMILES string of the molecule is CNS(=O)(=O)c1cc(-c2sc(Nc3cccc(N4CCCN(C(=O)O)CC4=O)n3)nc2C)cc2c1C(=O)N([C@@H](C)C1CC1)C2. The Balaban J connectivity index is 1.29. The Morgan fingerprint density at radius 2 is 1.91 bits per heavy atom. The monoisotopic (exact) mass is 639 g/mol. The fourth-order valence-electron chi connectivity index (χ4n) is 5.80. The zero-order valence-electron chi connectivity index (χ0n) is 24.5. The van der Waals surface area contributed by atoms with E-state index in [4.69, 9.17) is 0 Å². The van der Waals surface area contributed by atoms with Gasteiger partial charge in [-0.3, -0.25) is 19.4 Å². The van der Waals surface area contributed by atoms with Gasteiger partial charge in [0.15, 0.2) is 5.13 Å². The first-order valence-electron chi connectivity index (χ1n) is 14.4. The molecule has 1 saturated heterocycles. The molecule has 2 aliphatic heterocycles. The lowest BCUT2D eigenvalue weighted by molar-refractivity contribution is -0.118. The van der Waals surface area contributed by atoms with Crippen molar-refractivity contribution in [2.24, 2.45) is 5.92 Å². The number of amides is 3. The van der Waals surface area contributed by atoms with Crippen molar-refractivity contribution in [2.45, 2.75) is 50.6 Å². The van der Waals surface area contributed by atoms with Crippen LogP contribution in [-0.2, 0) is 21.4 Å². The summed E-state index contributed by atoms with van der Waals surface area (Å²) in [5.74, 6) is 0.675. The molecule has 2 aromatic heterocycles. The summed E-state index contributed by atoms with van der Waals surface area (Å²) >= 11 is 1.32. The Kier molecular flexibility index (Phi) is 7.80. The lowest BCUT2D eigenvalue weighted by atomic mass is 10.0. The predicted molar refractivity (Wildman–Crippen MR) is 165 cm³/mol. The Bertz CT molecular complexity index is 1770. The topological polar surface area (TPSA) is 165 Å². The van der Waals surface area contributed by atoms with E-state index in [9.17, 15) is 27.9 Å². The smallest absolute Gasteiger partial charge is 0.407 e. The zero-order chi connectivity index (χ0) is 31.3. The molecule has 13 nitrogen and oxygen atoms in total. The average molecular weight is 640 g/mol. The van der Waals surface area contributed by atoms with E-state index in [1.807, 2.05) is 19.9 Å². The van der Waals surface area contributed by atoms with Crippen LogP contribution < -0.4 is 14.9 Å². The lowest BCUT2D eigenvalue weighted by Gasteiger charge is -2.24. The minimum absolute atomic E-state index is 0.0356. The standard InChI is InChI=1S/C29H33N7O6S2/c1-16-26(19-12-20-14-36(17(2)18-8-9-18)27(38)25(20)21(13-19)44(41,42)30-3)43-28(31-16)33-22-6-4-7-23(32-22)35-11-5-10-34(29(39)40)15-24(35)37/h4,6-7,12-13,17-18,30H,5,8-11,14-15H2,1-3H3,(H,39,40)(H,31,32,33)/t17-/m0/s1. The second kappa shape index (κ2) is 11.4. The number of nitrogens with zero attached hydrogens (tertiary/aromatic N) is 5. The molecule has 0 spiro atoms. The van der Waals surface area contributed by atoms with Crippen molar-refractivity contribution in [1.82, 2.24) is 24.5 Å². The van der Waals surface area contributed by atoms with Crippen molar-refractivity contribution in [1.29, 1.82) is 0 Å². The number of benzene rings is 1. The molecule has 3 aliphatic rings. The van der Waals surface area contributed by atoms with Gasteiger partial charge in [0.25, 0.3) is 5.91 Å². The van der Waals surface area contributed by atoms with Crippen molar-refractivity contribution in [3.63, 3.8) is 0 Å². The predicted octanol–water partition coefficient (Wildman–Crippen LogP) is 3.64. The molecular formula is C29H33N7O6S2. The third kappa shape index (κ3) is 5.62. The van der Waals surface area contributed by atoms with Gasteiger partial charge in [0.2, 0.25) is 15.9 Å². The van der Waals surface area contributed by atoms with E-state index in [-0.39, 0.29) is 41.4 Å². The van der Waals surface area contributed by atoms with Crippen LogP contribution in [-0.4, -0.2) is 83.9 Å². The van der Waals surface area contributed by atoms with E-state index >= 15 is 0 Å². The number of hydrogen-bond donors (Lipinski definition) is 3. The maximum Gasteiger partial charge on any atom is 0.407 e. The number of rotatable bonds is 8. The van der Waals surface area contributed by atoms with E-state index in [0.29, 0.717) is 59.0 Å². The highest BCUT2D eigenvalue weighted by molar-refractivity contribution is 7.89. The number of fused-ring (bicyclic) bond motifs is 1. The summed E-state index contributed by atoms with van der Waals surface area (Å²) in [5, 5.41) is 13.0. The Morgan fingerprint density at radius 3 is 2.61 bits per heavy atom. The molecule has 15 heteroatoms. The summed E-state index contributed by atoms with van der Waals surface area (Å²) in [6, 6.07) is 8.65. The molecule has 3 amide bonds. The third-order valence-electron chi connectivity index (χ3n) is 8.37. The van der Waals surface area contributed by atoms with Gasteiger partial charge >= 0.3 is 6.09 Å². The number of pyridine rings is 1. The van der Waals surface area contributed by atoms with Gasteiger partial charge in [0, 0.05) is 25.7 Å². The van der Waals surface area contributed by atoms with E-state index in [0.717, 1.165) is 22.6 Å². The molecule has 3 N–H and O–H groups in total. The molecule has 1 saturated carbocycles. The summed E-state index contributed by atoms with van der Waals surface area (Å²) in [6.07, 6.45) is 1.49. The quantitative estimate of drug-likeness (QED) is 0.334. The van der Waals surface area contributed by atoms with E-state index < -0.39 is 16.1 Å². The average Bonchev–Trinajstić information content (AvgIpc) is 3.74. The maximum atomic E-state index is 13.5. The van der Waals surface area contributed by atoms with Crippen LogP contribution in [0.15, 0.2) is 35.2 Å². The number of aromatic nitrogens is 2. The van der Waals surface area contributed by atoms with Crippen LogP contribution in [0.1, 0.15) is 47.8 Å². The summed E-state index contributed by atoms with van der Waals surface area (Å²) in [4.78, 5) is 51.9. The fraction of sp³-hybridized carbons (Fsp3) is 0.414. The second-order valence-corrected chi connectivity index (χ2v) is 14.1. The van der Waals surface area contributed by atoms with Crippen LogP contribution >= 0.6 is 11.3 Å². The molecule has 232 valence electrons. The summed E-state index contributed by atoms with van der Waals surface area (Å²) in [5.41, 5.74) is 2.22. The molecule has 4 heterocycles. The number of carbonyl (C=O) groups excluding carboxylic acids is 2. The van der Waals surface area contributed by atoms with Gasteiger partial charge in [0.1, 0.15) is 18.2 Å². The molecule has 3 aromatic rings. The van der Waals surface area contributed by atoms with Gasteiger partial charge in [-0.1, -0.05) is 17.4 Å². The number of nitrogens with one attached hydrogen (secondary N) is 2. The van der Waals surface area contributed by atoms with Crippen molar-refractivity contribution in [3.8, 4) is 10.4 Å². The lowest BCUT2D eigenvalue weighted by Crippen LogP contribution is -2.39. The third-order valence-corrected chi connectivity index (χ3v) is 10.9. The first kappa shape index (κ1) is 30.0. The summed E-state index contributed by atoms with van der Waals surface area (Å²) in [6.45, 7) is 4.58. The van der Waals surface area contributed by atoms with Crippen molar-refractivity contribution >= 4 is 56.0 Å². The van der Waals surface area contributed by atoms with Gasteiger partial charge < -0.3 is 15.3 Å². The highest BCUT2D eigenvalue weighted by Gasteiger charge is 2.41. The van der Waals surface area contributed by atoms with Crippen LogP contribution in [0.4, 0.5) is 21.6 Å². The van der Waals surface area contributed by atoms with Crippen molar-refractivity contribution in [2.75, 3.05) is 36.9 Å². The number of thiazole rings is 1. The van der Waals surface area contributed by atoms with Crippen molar-refractivity contribution < 1.29 is 27.9 Å². The highest BCUT2D eigenvalue weighted by atomic mass is 32.2. The number of carbonyl (C=O) groups is 3. The Labute approximate surface area is 259 Å². The Hall–Kier alpha value is -4.08.